The maximum atomic E-state index is 11.6. The van der Waals surface area contributed by atoms with Crippen LogP contribution >= 0.6 is 15.9 Å². The molecule has 0 unspecified atom stereocenters. The average Bonchev–Trinajstić information content (AvgIpc) is 2.69. The first kappa shape index (κ1) is 11.0. The van der Waals surface area contributed by atoms with Gasteiger partial charge in [0.15, 0.2) is 0 Å². The van der Waals surface area contributed by atoms with Gasteiger partial charge in [-0.15, -0.1) is 0 Å². The lowest BCUT2D eigenvalue weighted by Crippen LogP contribution is -2.17. The SMILES string of the molecule is CNC(=O)c1coc2cc(NC)c(Br)cc12. The van der Waals surface area contributed by atoms with Gasteiger partial charge in [0.1, 0.15) is 11.8 Å². The van der Waals surface area contributed by atoms with Gasteiger partial charge in [0, 0.05) is 30.0 Å². The molecule has 84 valence electrons. The van der Waals surface area contributed by atoms with Gasteiger partial charge in [-0.05, 0) is 22.0 Å². The van der Waals surface area contributed by atoms with Crippen LogP contribution < -0.4 is 10.6 Å². The quantitative estimate of drug-likeness (QED) is 0.890. The second-order valence-corrected chi connectivity index (χ2v) is 4.16. The highest BCUT2D eigenvalue weighted by molar-refractivity contribution is 9.10. The van der Waals surface area contributed by atoms with Crippen LogP contribution in [0, 0.1) is 0 Å². The highest BCUT2D eigenvalue weighted by atomic mass is 79.9. The smallest absolute Gasteiger partial charge is 0.254 e. The van der Waals surface area contributed by atoms with Gasteiger partial charge in [0.05, 0.1) is 11.3 Å². The number of hydrogen-bond donors (Lipinski definition) is 2. The molecule has 1 heterocycles. The minimum Gasteiger partial charge on any atom is -0.463 e. The Kier molecular flexibility index (Phi) is 2.87. The molecule has 5 heteroatoms. The van der Waals surface area contributed by atoms with Crippen LogP contribution in [0.3, 0.4) is 0 Å². The molecule has 0 saturated carbocycles. The van der Waals surface area contributed by atoms with Gasteiger partial charge in [-0.2, -0.15) is 0 Å². The number of benzene rings is 1. The molecule has 0 aliphatic rings. The number of hydrogen-bond acceptors (Lipinski definition) is 3. The summed E-state index contributed by atoms with van der Waals surface area (Å²) in [5.41, 5.74) is 2.15. The minimum atomic E-state index is -0.150. The third-order valence-electron chi connectivity index (χ3n) is 2.40. The number of nitrogens with one attached hydrogen (secondary N) is 2. The van der Waals surface area contributed by atoms with Crippen LogP contribution in [0.15, 0.2) is 27.3 Å². The highest BCUT2D eigenvalue weighted by Gasteiger charge is 2.14. The van der Waals surface area contributed by atoms with E-state index in [4.69, 9.17) is 4.42 Å². The van der Waals surface area contributed by atoms with Crippen molar-refractivity contribution in [2.45, 2.75) is 0 Å². The maximum absolute atomic E-state index is 11.6. The van der Waals surface area contributed by atoms with Crippen LogP contribution in [0.4, 0.5) is 5.69 Å². The van der Waals surface area contributed by atoms with Gasteiger partial charge in [-0.3, -0.25) is 4.79 Å². The summed E-state index contributed by atoms with van der Waals surface area (Å²) in [6, 6.07) is 3.72. The molecule has 1 aromatic heterocycles. The van der Waals surface area contributed by atoms with Gasteiger partial charge >= 0.3 is 0 Å². The molecule has 0 aliphatic heterocycles. The summed E-state index contributed by atoms with van der Waals surface area (Å²) in [4.78, 5) is 11.6. The van der Waals surface area contributed by atoms with E-state index in [0.717, 1.165) is 15.5 Å². The fourth-order valence-corrected chi connectivity index (χ4v) is 2.09. The normalized spacial score (nSPS) is 10.4. The Morgan fingerprint density at radius 2 is 2.12 bits per heavy atom. The van der Waals surface area contributed by atoms with Crippen molar-refractivity contribution in [3.63, 3.8) is 0 Å². The molecule has 0 spiro atoms. The monoisotopic (exact) mass is 282 g/mol. The zero-order valence-electron chi connectivity index (χ0n) is 8.93. The zero-order valence-corrected chi connectivity index (χ0v) is 10.5. The molecule has 16 heavy (non-hydrogen) atoms. The van der Waals surface area contributed by atoms with Crippen molar-refractivity contribution in [2.75, 3.05) is 19.4 Å². The number of halogens is 1. The molecule has 1 aromatic carbocycles. The standard InChI is InChI=1S/C11H11BrN2O2/c1-13-9-4-10-6(3-8(9)12)7(5-16-10)11(15)14-2/h3-5,13H,1-2H3,(H,14,15). The summed E-state index contributed by atoms with van der Waals surface area (Å²) < 4.78 is 6.25. The van der Waals surface area contributed by atoms with E-state index < -0.39 is 0 Å². The first-order valence-electron chi connectivity index (χ1n) is 4.78. The third-order valence-corrected chi connectivity index (χ3v) is 3.06. The van der Waals surface area contributed by atoms with Crippen molar-refractivity contribution >= 4 is 38.5 Å². The fraction of sp³-hybridized carbons (Fsp3) is 0.182. The number of furan rings is 1. The van der Waals surface area contributed by atoms with Crippen molar-refractivity contribution in [3.05, 3.63) is 28.4 Å². The Balaban J connectivity index is 2.65. The minimum absolute atomic E-state index is 0.150. The maximum Gasteiger partial charge on any atom is 0.254 e. The van der Waals surface area contributed by atoms with E-state index in [0.29, 0.717) is 11.1 Å². The lowest BCUT2D eigenvalue weighted by atomic mass is 10.1. The number of anilines is 1. The number of fused-ring (bicyclic) bond motifs is 1. The summed E-state index contributed by atoms with van der Waals surface area (Å²) in [5, 5.41) is 6.41. The Morgan fingerprint density at radius 1 is 1.38 bits per heavy atom. The Labute approximate surface area is 101 Å². The molecular formula is C11H11BrN2O2. The highest BCUT2D eigenvalue weighted by Crippen LogP contribution is 2.31. The number of carbonyl (C=O) groups is 1. The van der Waals surface area contributed by atoms with E-state index in [9.17, 15) is 4.79 Å². The van der Waals surface area contributed by atoms with Crippen LogP contribution in [0.25, 0.3) is 11.0 Å². The lowest BCUT2D eigenvalue weighted by molar-refractivity contribution is 0.0964. The second kappa shape index (κ2) is 4.17. The molecule has 0 radical (unpaired) electrons. The van der Waals surface area contributed by atoms with E-state index in [1.54, 1.807) is 7.05 Å². The summed E-state index contributed by atoms with van der Waals surface area (Å²) in [6.07, 6.45) is 1.47. The van der Waals surface area contributed by atoms with Crippen molar-refractivity contribution in [1.29, 1.82) is 0 Å². The van der Waals surface area contributed by atoms with E-state index in [1.165, 1.54) is 6.26 Å². The van der Waals surface area contributed by atoms with Gasteiger partial charge in [0.2, 0.25) is 0 Å². The molecule has 0 bridgehead atoms. The van der Waals surface area contributed by atoms with Gasteiger partial charge in [-0.1, -0.05) is 0 Å². The molecule has 1 amide bonds. The van der Waals surface area contributed by atoms with Crippen LogP contribution in [-0.4, -0.2) is 20.0 Å². The van der Waals surface area contributed by atoms with Gasteiger partial charge in [-0.25, -0.2) is 0 Å². The molecule has 4 nitrogen and oxygen atoms in total. The molecule has 0 aliphatic carbocycles. The Hall–Kier alpha value is -1.49. The molecule has 2 aromatic rings. The number of amides is 1. The lowest BCUT2D eigenvalue weighted by Gasteiger charge is -2.03. The van der Waals surface area contributed by atoms with Crippen molar-refractivity contribution in [1.82, 2.24) is 5.32 Å². The molecule has 0 fully saturated rings. The topological polar surface area (TPSA) is 54.3 Å². The first-order valence-corrected chi connectivity index (χ1v) is 5.57. The zero-order chi connectivity index (χ0) is 11.7. The predicted octanol–water partition coefficient (Wildman–Crippen LogP) is 2.60. The summed E-state index contributed by atoms with van der Waals surface area (Å²) in [6.45, 7) is 0. The average molecular weight is 283 g/mol. The molecular weight excluding hydrogens is 272 g/mol. The van der Waals surface area contributed by atoms with Crippen molar-refractivity contribution in [2.24, 2.45) is 0 Å². The number of rotatable bonds is 2. The van der Waals surface area contributed by atoms with Crippen LogP contribution in [0.2, 0.25) is 0 Å². The predicted molar refractivity (Wildman–Crippen MR) is 66.9 cm³/mol. The largest absolute Gasteiger partial charge is 0.463 e. The van der Waals surface area contributed by atoms with Gasteiger partial charge < -0.3 is 15.1 Å². The molecule has 0 saturated heterocycles. The summed E-state index contributed by atoms with van der Waals surface area (Å²) in [5.74, 6) is -0.150. The van der Waals surface area contributed by atoms with Crippen LogP contribution in [-0.2, 0) is 0 Å². The Bertz CT molecular complexity index is 548. The van der Waals surface area contributed by atoms with E-state index in [1.807, 2.05) is 19.2 Å². The molecule has 2 rings (SSSR count). The van der Waals surface area contributed by atoms with E-state index in [-0.39, 0.29) is 5.91 Å². The van der Waals surface area contributed by atoms with Crippen LogP contribution in [0.1, 0.15) is 10.4 Å². The summed E-state index contributed by atoms with van der Waals surface area (Å²) in [7, 11) is 3.42. The Morgan fingerprint density at radius 3 is 2.75 bits per heavy atom. The number of carbonyl (C=O) groups excluding carboxylic acids is 1. The van der Waals surface area contributed by atoms with Crippen molar-refractivity contribution in [3.8, 4) is 0 Å². The first-order chi connectivity index (χ1) is 7.67. The third kappa shape index (κ3) is 1.67. The van der Waals surface area contributed by atoms with Crippen molar-refractivity contribution < 1.29 is 9.21 Å². The summed E-state index contributed by atoms with van der Waals surface area (Å²) >= 11 is 3.43. The van der Waals surface area contributed by atoms with E-state index in [2.05, 4.69) is 26.6 Å². The molecule has 0 atom stereocenters. The van der Waals surface area contributed by atoms with E-state index >= 15 is 0 Å². The van der Waals surface area contributed by atoms with Gasteiger partial charge in [0.25, 0.3) is 5.91 Å². The second-order valence-electron chi connectivity index (χ2n) is 3.31. The molecule has 2 N–H and O–H groups in total. The fourth-order valence-electron chi connectivity index (χ4n) is 1.55. The van der Waals surface area contributed by atoms with Crippen LogP contribution in [0.5, 0.6) is 0 Å².